The third kappa shape index (κ3) is 4.49. The van der Waals surface area contributed by atoms with Gasteiger partial charge in [-0.3, -0.25) is 4.79 Å². The first-order chi connectivity index (χ1) is 10.5. The van der Waals surface area contributed by atoms with Crippen molar-refractivity contribution in [1.29, 1.82) is 0 Å². The zero-order valence-electron chi connectivity index (χ0n) is 13.7. The van der Waals surface area contributed by atoms with Gasteiger partial charge in [0.05, 0.1) is 12.1 Å². The van der Waals surface area contributed by atoms with Crippen LogP contribution in [0.15, 0.2) is 35.0 Å². The second-order valence-corrected chi connectivity index (χ2v) is 7.90. The predicted molar refractivity (Wildman–Crippen MR) is 95.7 cm³/mol. The van der Waals surface area contributed by atoms with Gasteiger partial charge in [-0.2, -0.15) is 0 Å². The highest BCUT2D eigenvalue weighted by molar-refractivity contribution is 7.10. The van der Waals surface area contributed by atoms with Crippen LogP contribution < -0.4 is 0 Å². The highest BCUT2D eigenvalue weighted by atomic mass is 32.1. The van der Waals surface area contributed by atoms with Gasteiger partial charge >= 0.3 is 0 Å². The molecule has 0 saturated carbocycles. The Morgan fingerprint density at radius 1 is 0.909 bits per heavy atom. The largest absolute Gasteiger partial charge is 0.301 e. The second kappa shape index (κ2) is 8.02. The van der Waals surface area contributed by atoms with Crippen molar-refractivity contribution >= 4 is 28.5 Å². The van der Waals surface area contributed by atoms with E-state index < -0.39 is 0 Å². The average Bonchev–Trinajstić information content (AvgIpc) is 3.14. The maximum atomic E-state index is 12.6. The van der Waals surface area contributed by atoms with Crippen molar-refractivity contribution in [3.8, 4) is 0 Å². The Morgan fingerprint density at radius 2 is 1.32 bits per heavy atom. The van der Waals surface area contributed by atoms with Crippen molar-refractivity contribution in [1.82, 2.24) is 9.80 Å². The second-order valence-electron chi connectivity index (χ2n) is 5.94. The van der Waals surface area contributed by atoms with E-state index >= 15 is 0 Å². The van der Waals surface area contributed by atoms with E-state index in [1.165, 1.54) is 9.75 Å². The molecule has 2 aromatic rings. The number of thiophene rings is 2. The molecule has 0 aliphatic rings. The van der Waals surface area contributed by atoms with Crippen LogP contribution in [-0.4, -0.2) is 43.8 Å². The molecule has 120 valence electrons. The van der Waals surface area contributed by atoms with Crippen LogP contribution in [0.2, 0.25) is 0 Å². The number of ketones is 1. The molecule has 2 atom stereocenters. The van der Waals surface area contributed by atoms with Crippen LogP contribution in [0.4, 0.5) is 0 Å². The average molecular weight is 337 g/mol. The summed E-state index contributed by atoms with van der Waals surface area (Å²) in [4.78, 5) is 19.4. The standard InChI is InChI=1S/C17H24N2OS2/c1-18(2)14(16-7-5-9-21-16)11-13(20)12-15(19(3)4)17-8-6-10-22-17/h5-10,14-15H,11-12H2,1-4H3/t14-,15-/m1/s1. The molecule has 0 spiro atoms. The number of Topliss-reactive ketones (excluding diaryl/α,β-unsaturated/α-hetero) is 1. The van der Waals surface area contributed by atoms with Gasteiger partial charge in [-0.15, -0.1) is 22.7 Å². The third-order valence-electron chi connectivity index (χ3n) is 3.83. The van der Waals surface area contributed by atoms with Gasteiger partial charge in [0.2, 0.25) is 0 Å². The summed E-state index contributed by atoms with van der Waals surface area (Å²) in [6.07, 6.45) is 1.15. The Kier molecular flexibility index (Phi) is 6.32. The van der Waals surface area contributed by atoms with E-state index in [9.17, 15) is 4.79 Å². The fourth-order valence-electron chi connectivity index (χ4n) is 2.55. The van der Waals surface area contributed by atoms with Gasteiger partial charge in [0, 0.05) is 22.6 Å². The van der Waals surface area contributed by atoms with Crippen LogP contribution in [0.25, 0.3) is 0 Å². The number of carbonyl (C=O) groups is 1. The van der Waals surface area contributed by atoms with E-state index in [4.69, 9.17) is 0 Å². The van der Waals surface area contributed by atoms with Crippen molar-refractivity contribution in [2.24, 2.45) is 0 Å². The zero-order chi connectivity index (χ0) is 16.1. The van der Waals surface area contributed by atoms with Crippen molar-refractivity contribution in [2.45, 2.75) is 24.9 Å². The molecule has 2 aromatic heterocycles. The van der Waals surface area contributed by atoms with Crippen LogP contribution in [-0.2, 0) is 4.79 Å². The van der Waals surface area contributed by atoms with E-state index in [-0.39, 0.29) is 12.1 Å². The topological polar surface area (TPSA) is 23.6 Å². The van der Waals surface area contributed by atoms with E-state index in [0.29, 0.717) is 18.6 Å². The summed E-state index contributed by atoms with van der Waals surface area (Å²) in [6, 6.07) is 8.69. The Bertz CT molecular complexity index is 511. The lowest BCUT2D eigenvalue weighted by atomic mass is 10.0. The molecule has 0 unspecified atom stereocenters. The quantitative estimate of drug-likeness (QED) is 0.726. The molecule has 3 nitrogen and oxygen atoms in total. The van der Waals surface area contributed by atoms with Gasteiger partial charge in [0.25, 0.3) is 0 Å². The van der Waals surface area contributed by atoms with Gasteiger partial charge in [-0.1, -0.05) is 12.1 Å². The lowest BCUT2D eigenvalue weighted by Gasteiger charge is -2.26. The zero-order valence-corrected chi connectivity index (χ0v) is 15.3. The number of hydrogen-bond acceptors (Lipinski definition) is 5. The number of rotatable bonds is 8. The van der Waals surface area contributed by atoms with Crippen LogP contribution in [0.3, 0.4) is 0 Å². The smallest absolute Gasteiger partial charge is 0.136 e. The fraction of sp³-hybridized carbons (Fsp3) is 0.471. The van der Waals surface area contributed by atoms with Crippen molar-refractivity contribution in [3.63, 3.8) is 0 Å². The molecule has 0 saturated heterocycles. The number of carbonyl (C=O) groups excluding carboxylic acids is 1. The van der Waals surface area contributed by atoms with Gasteiger partial charge in [0.15, 0.2) is 0 Å². The van der Waals surface area contributed by atoms with E-state index in [0.717, 1.165) is 0 Å². The minimum Gasteiger partial charge on any atom is -0.301 e. The van der Waals surface area contributed by atoms with E-state index in [1.54, 1.807) is 22.7 Å². The van der Waals surface area contributed by atoms with Crippen molar-refractivity contribution in [2.75, 3.05) is 28.2 Å². The number of nitrogens with zero attached hydrogens (tertiary/aromatic N) is 2. The molecule has 0 radical (unpaired) electrons. The molecule has 0 aromatic carbocycles. The Hall–Kier alpha value is -1.01. The normalized spacial score (nSPS) is 14.5. The predicted octanol–water partition coefficient (Wildman–Crippen LogP) is 4.06. The summed E-state index contributed by atoms with van der Waals surface area (Å²) in [5.41, 5.74) is 0. The van der Waals surface area contributed by atoms with E-state index in [1.807, 2.05) is 28.2 Å². The van der Waals surface area contributed by atoms with Gasteiger partial charge < -0.3 is 9.80 Å². The lowest BCUT2D eigenvalue weighted by Crippen LogP contribution is -2.26. The summed E-state index contributed by atoms with van der Waals surface area (Å²) in [5, 5.41) is 4.15. The Morgan fingerprint density at radius 3 is 1.59 bits per heavy atom. The van der Waals surface area contributed by atoms with Crippen LogP contribution in [0.1, 0.15) is 34.7 Å². The molecule has 0 N–H and O–H groups in total. The molecule has 0 aliphatic heterocycles. The summed E-state index contributed by atoms with van der Waals surface area (Å²) < 4.78 is 0. The SMILES string of the molecule is CN(C)[C@H](CC(=O)C[C@H](c1cccs1)N(C)C)c1cccs1. The molecule has 0 aliphatic carbocycles. The van der Waals surface area contributed by atoms with Crippen LogP contribution in [0.5, 0.6) is 0 Å². The minimum absolute atomic E-state index is 0.179. The summed E-state index contributed by atoms with van der Waals surface area (Å²) in [5.74, 6) is 0.319. The van der Waals surface area contributed by atoms with Crippen LogP contribution >= 0.6 is 22.7 Å². The van der Waals surface area contributed by atoms with E-state index in [2.05, 4.69) is 44.8 Å². The highest BCUT2D eigenvalue weighted by Gasteiger charge is 2.23. The Balaban J connectivity index is 2.04. The first kappa shape index (κ1) is 17.3. The maximum Gasteiger partial charge on any atom is 0.136 e. The monoisotopic (exact) mass is 336 g/mol. The maximum absolute atomic E-state index is 12.6. The van der Waals surface area contributed by atoms with Gasteiger partial charge in [-0.05, 0) is 51.1 Å². The number of hydrogen-bond donors (Lipinski definition) is 0. The van der Waals surface area contributed by atoms with Crippen molar-refractivity contribution < 1.29 is 4.79 Å². The van der Waals surface area contributed by atoms with Crippen LogP contribution in [0, 0.1) is 0 Å². The molecular weight excluding hydrogens is 312 g/mol. The lowest BCUT2D eigenvalue weighted by molar-refractivity contribution is -0.121. The van der Waals surface area contributed by atoms with Gasteiger partial charge in [-0.25, -0.2) is 0 Å². The summed E-state index contributed by atoms with van der Waals surface area (Å²) in [6.45, 7) is 0. The molecule has 0 fully saturated rings. The molecule has 2 rings (SSSR count). The van der Waals surface area contributed by atoms with Crippen molar-refractivity contribution in [3.05, 3.63) is 44.8 Å². The third-order valence-corrected chi connectivity index (χ3v) is 5.78. The molecule has 2 heterocycles. The first-order valence-corrected chi connectivity index (χ1v) is 9.16. The molecular formula is C17H24N2OS2. The summed E-state index contributed by atoms with van der Waals surface area (Å²) in [7, 11) is 8.17. The minimum atomic E-state index is 0.179. The first-order valence-electron chi connectivity index (χ1n) is 7.40. The fourth-order valence-corrected chi connectivity index (χ4v) is 4.40. The summed E-state index contributed by atoms with van der Waals surface area (Å²) >= 11 is 3.44. The molecule has 22 heavy (non-hydrogen) atoms. The molecule has 0 bridgehead atoms. The molecule has 5 heteroatoms. The molecule has 0 amide bonds. The highest BCUT2D eigenvalue weighted by Crippen LogP contribution is 2.31. The van der Waals surface area contributed by atoms with Gasteiger partial charge in [0.1, 0.15) is 5.78 Å². The Labute approximate surface area is 141 Å².